The van der Waals surface area contributed by atoms with Gasteiger partial charge in [-0.15, -0.1) is 0 Å². The highest BCUT2D eigenvalue weighted by molar-refractivity contribution is 6.09. The zero-order valence-electron chi connectivity index (χ0n) is 23.3. The van der Waals surface area contributed by atoms with E-state index in [0.717, 1.165) is 11.3 Å². The molecule has 15 heteroatoms. The fraction of sp³-hybridized carbons (Fsp3) is 0.448. The number of hydrogen-bond donors (Lipinski definition) is 2. The van der Waals surface area contributed by atoms with Gasteiger partial charge in [0, 0.05) is 47.6 Å². The number of benzene rings is 1. The molecule has 1 amide bonds. The van der Waals surface area contributed by atoms with Crippen LogP contribution in [0.25, 0.3) is 16.9 Å². The summed E-state index contributed by atoms with van der Waals surface area (Å²) in [7, 11) is 0. The Balaban J connectivity index is 1.03. The highest BCUT2D eigenvalue weighted by Crippen LogP contribution is 2.60. The number of carbonyl (C=O) groups excluding carboxylic acids is 1. The molecule has 0 unspecified atom stereocenters. The first-order chi connectivity index (χ1) is 20.8. The third kappa shape index (κ3) is 4.87. The Morgan fingerprint density at radius 2 is 1.93 bits per heavy atom. The molecule has 0 bridgehead atoms. The third-order valence-electron chi connectivity index (χ3n) is 8.96. The Morgan fingerprint density at radius 3 is 2.64 bits per heavy atom. The summed E-state index contributed by atoms with van der Waals surface area (Å²) in [5, 5.41) is 21.1. The molecule has 232 valence electrons. The Bertz CT molecular complexity index is 1730. The molecule has 0 atom stereocenters. The summed E-state index contributed by atoms with van der Waals surface area (Å²) >= 11 is 0. The number of aliphatic hydroxyl groups is 1. The zero-order chi connectivity index (χ0) is 31.0. The number of halogens is 5. The molecular weight excluding hydrogens is 591 g/mol. The van der Waals surface area contributed by atoms with Gasteiger partial charge >= 0.3 is 12.8 Å². The molecule has 0 radical (unpaired) electrons. The van der Waals surface area contributed by atoms with E-state index in [0.29, 0.717) is 60.0 Å². The van der Waals surface area contributed by atoms with Gasteiger partial charge in [-0.3, -0.25) is 4.79 Å². The van der Waals surface area contributed by atoms with Crippen molar-refractivity contribution in [1.29, 1.82) is 0 Å². The number of nitrogens with zero attached hydrogens (tertiary/aromatic N) is 5. The number of nitrogens with one attached hydrogen (secondary N) is 1. The minimum Gasteiger partial charge on any atom is -0.380 e. The lowest BCUT2D eigenvalue weighted by molar-refractivity contribution is -0.319. The lowest BCUT2D eigenvalue weighted by Gasteiger charge is -2.63. The predicted molar refractivity (Wildman–Crippen MR) is 145 cm³/mol. The Hall–Kier alpha value is -4.11. The maximum atomic E-state index is 13.4. The normalized spacial score (nSPS) is 22.1. The minimum atomic E-state index is -4.64. The molecule has 3 aromatic heterocycles. The summed E-state index contributed by atoms with van der Waals surface area (Å²) < 4.78 is 75.5. The van der Waals surface area contributed by atoms with E-state index in [1.54, 1.807) is 41.0 Å². The molecule has 4 heterocycles. The minimum absolute atomic E-state index is 0.163. The van der Waals surface area contributed by atoms with E-state index in [4.69, 9.17) is 4.52 Å². The zero-order valence-corrected chi connectivity index (χ0v) is 23.3. The van der Waals surface area contributed by atoms with Crippen LogP contribution < -0.4 is 10.2 Å². The van der Waals surface area contributed by atoms with Gasteiger partial charge in [-0.1, -0.05) is 17.3 Å². The lowest BCUT2D eigenvalue weighted by atomic mass is 9.55. The summed E-state index contributed by atoms with van der Waals surface area (Å²) in [6.07, 6.45) is -1.96. The van der Waals surface area contributed by atoms with Gasteiger partial charge in [-0.05, 0) is 56.4 Å². The Labute approximate surface area is 246 Å². The highest BCUT2D eigenvalue weighted by atomic mass is 19.4. The number of ether oxygens (including phenoxy) is 1. The first kappa shape index (κ1) is 28.6. The summed E-state index contributed by atoms with van der Waals surface area (Å²) in [5.74, 6) is 0.0505. The average molecular weight is 619 g/mol. The number of aromatic nitrogens is 4. The van der Waals surface area contributed by atoms with Gasteiger partial charge < -0.3 is 24.6 Å². The van der Waals surface area contributed by atoms with Crippen molar-refractivity contribution < 1.29 is 41.1 Å². The van der Waals surface area contributed by atoms with Crippen LogP contribution in [0.5, 0.6) is 0 Å². The molecule has 2 N–H and O–H groups in total. The number of aryl methyl sites for hydroxylation is 1. The highest BCUT2D eigenvalue weighted by Gasteiger charge is 2.69. The average Bonchev–Trinajstić information content (AvgIpc) is 3.55. The molecule has 4 aromatic rings. The molecule has 44 heavy (non-hydrogen) atoms. The van der Waals surface area contributed by atoms with Gasteiger partial charge in [0.05, 0.1) is 23.4 Å². The van der Waals surface area contributed by atoms with E-state index in [1.165, 1.54) is 6.20 Å². The number of alkyl halides is 5. The van der Waals surface area contributed by atoms with E-state index < -0.39 is 35.8 Å². The van der Waals surface area contributed by atoms with Gasteiger partial charge in [0.2, 0.25) is 11.7 Å². The maximum Gasteiger partial charge on any atom is 0.417 e. The number of carbonyl (C=O) groups is 1. The first-order valence-electron chi connectivity index (χ1n) is 14.0. The van der Waals surface area contributed by atoms with Crippen molar-refractivity contribution >= 4 is 22.8 Å². The van der Waals surface area contributed by atoms with Crippen molar-refractivity contribution in [2.24, 2.45) is 5.41 Å². The Morgan fingerprint density at radius 1 is 1.18 bits per heavy atom. The van der Waals surface area contributed by atoms with Crippen LogP contribution in [-0.2, 0) is 4.74 Å². The molecule has 10 nitrogen and oxygen atoms in total. The van der Waals surface area contributed by atoms with E-state index in [-0.39, 0.29) is 18.8 Å². The fourth-order valence-electron chi connectivity index (χ4n) is 6.53. The molecule has 2 saturated carbocycles. The van der Waals surface area contributed by atoms with E-state index in [9.17, 15) is 31.9 Å². The first-order valence-corrected chi connectivity index (χ1v) is 14.0. The van der Waals surface area contributed by atoms with Crippen molar-refractivity contribution in [2.45, 2.75) is 63.0 Å². The summed E-state index contributed by atoms with van der Waals surface area (Å²) in [5.41, 5.74) is 0.251. The summed E-state index contributed by atoms with van der Waals surface area (Å²) in [4.78, 5) is 19.7. The van der Waals surface area contributed by atoms with E-state index >= 15 is 0 Å². The van der Waals surface area contributed by atoms with E-state index in [1.807, 2.05) is 11.8 Å². The lowest BCUT2D eigenvalue weighted by Crippen LogP contribution is -2.71. The molecule has 2 aliphatic carbocycles. The van der Waals surface area contributed by atoms with Crippen LogP contribution in [0.15, 0.2) is 47.2 Å². The number of rotatable bonds is 7. The molecule has 7 rings (SSSR count). The second-order valence-corrected chi connectivity index (χ2v) is 12.1. The molecule has 1 spiro atoms. The van der Waals surface area contributed by atoms with Crippen LogP contribution in [0, 0.1) is 12.3 Å². The van der Waals surface area contributed by atoms with Crippen LogP contribution in [0.2, 0.25) is 0 Å². The molecule has 1 aliphatic heterocycles. The number of fused-ring (bicyclic) bond motifs is 1. The standard InChI is InChI=1S/C29H27F5N6O4/c1-15-2-3-16(23-37-25(44-38-23)17-6-19(7-17)43-26(30)31)8-21(15)36-24(41)20-10-35-40-5-4-18(9-22(20)40)39-13-27(14-39)11-28(42,12-27)29(32,33)34/h2-5,8-10,17,19,26,42H,6-7,11-14H2,1H3,(H,36,41). The number of hydrogen-bond acceptors (Lipinski definition) is 8. The monoisotopic (exact) mass is 618 g/mol. The number of pyridine rings is 1. The molecule has 3 aliphatic rings. The van der Waals surface area contributed by atoms with Crippen molar-refractivity contribution in [3.05, 3.63) is 59.7 Å². The van der Waals surface area contributed by atoms with Gasteiger partial charge in [0.1, 0.15) is 0 Å². The van der Waals surface area contributed by atoms with Gasteiger partial charge in [0.25, 0.3) is 5.91 Å². The maximum absolute atomic E-state index is 13.4. The smallest absolute Gasteiger partial charge is 0.380 e. The number of anilines is 2. The van der Waals surface area contributed by atoms with Gasteiger partial charge in [-0.2, -0.15) is 32.0 Å². The summed E-state index contributed by atoms with van der Waals surface area (Å²) in [6.45, 7) is -0.235. The van der Waals surface area contributed by atoms with Crippen LogP contribution in [0.4, 0.5) is 33.3 Å². The summed E-state index contributed by atoms with van der Waals surface area (Å²) in [6, 6.07) is 8.84. The topological polar surface area (TPSA) is 118 Å². The Kier molecular flexibility index (Phi) is 6.48. The molecule has 1 saturated heterocycles. The van der Waals surface area contributed by atoms with Crippen molar-refractivity contribution in [1.82, 2.24) is 19.8 Å². The van der Waals surface area contributed by atoms with Crippen LogP contribution in [0.3, 0.4) is 0 Å². The van der Waals surface area contributed by atoms with Crippen molar-refractivity contribution in [3.8, 4) is 11.4 Å². The SMILES string of the molecule is Cc1ccc(-c2noc(C3CC(OC(F)F)C3)n2)cc1NC(=O)c1cnn2ccc(N3CC4(C3)CC(O)(C(F)(F)F)C4)cc12. The molecular formula is C29H27F5N6O4. The van der Waals surface area contributed by atoms with Gasteiger partial charge in [-0.25, -0.2) is 4.52 Å². The van der Waals surface area contributed by atoms with Gasteiger partial charge in [0.15, 0.2) is 5.60 Å². The van der Waals surface area contributed by atoms with Crippen LogP contribution >= 0.6 is 0 Å². The van der Waals surface area contributed by atoms with Crippen molar-refractivity contribution in [3.63, 3.8) is 0 Å². The second kappa shape index (κ2) is 9.95. The molecule has 3 fully saturated rings. The third-order valence-corrected chi connectivity index (χ3v) is 8.96. The second-order valence-electron chi connectivity index (χ2n) is 12.1. The van der Waals surface area contributed by atoms with Crippen LogP contribution in [0.1, 0.15) is 53.4 Å². The number of amides is 1. The quantitative estimate of drug-likeness (QED) is 0.267. The van der Waals surface area contributed by atoms with E-state index in [2.05, 4.69) is 25.3 Å². The molecule has 1 aromatic carbocycles. The fourth-order valence-corrected chi connectivity index (χ4v) is 6.53. The van der Waals surface area contributed by atoms with Crippen LogP contribution in [-0.4, -0.2) is 68.4 Å². The predicted octanol–water partition coefficient (Wildman–Crippen LogP) is 5.32. The van der Waals surface area contributed by atoms with Crippen molar-refractivity contribution in [2.75, 3.05) is 23.3 Å². The largest absolute Gasteiger partial charge is 0.417 e.